The SMILES string of the molecule is Cc1cc(SCc2ccccc2)n2ncc(-c3ccccc3)c2n1. The van der Waals surface area contributed by atoms with Crippen LogP contribution in [0.25, 0.3) is 16.8 Å². The Balaban J connectivity index is 1.73. The molecule has 0 aliphatic rings. The predicted molar refractivity (Wildman–Crippen MR) is 99.2 cm³/mol. The van der Waals surface area contributed by atoms with Gasteiger partial charge in [0.1, 0.15) is 5.03 Å². The molecule has 3 nitrogen and oxygen atoms in total. The van der Waals surface area contributed by atoms with E-state index in [0.29, 0.717) is 0 Å². The molecule has 0 saturated carbocycles. The molecule has 0 aliphatic carbocycles. The zero-order chi connectivity index (χ0) is 16.4. The van der Waals surface area contributed by atoms with Gasteiger partial charge in [0.25, 0.3) is 0 Å². The Morgan fingerprint density at radius 1 is 0.958 bits per heavy atom. The number of thioether (sulfide) groups is 1. The van der Waals surface area contributed by atoms with Crippen LogP contribution < -0.4 is 0 Å². The number of benzene rings is 2. The Morgan fingerprint density at radius 3 is 2.42 bits per heavy atom. The fourth-order valence-electron chi connectivity index (χ4n) is 2.71. The second-order valence-electron chi connectivity index (χ2n) is 5.67. The minimum Gasteiger partial charge on any atom is -0.233 e. The largest absolute Gasteiger partial charge is 0.233 e. The number of rotatable bonds is 4. The third kappa shape index (κ3) is 2.93. The lowest BCUT2D eigenvalue weighted by Crippen LogP contribution is -1.97. The third-order valence-electron chi connectivity index (χ3n) is 3.88. The van der Waals surface area contributed by atoms with Crippen molar-refractivity contribution < 1.29 is 0 Å². The summed E-state index contributed by atoms with van der Waals surface area (Å²) in [4.78, 5) is 4.71. The first-order valence-corrected chi connectivity index (χ1v) is 8.87. The minimum atomic E-state index is 0.914. The highest BCUT2D eigenvalue weighted by molar-refractivity contribution is 7.98. The summed E-state index contributed by atoms with van der Waals surface area (Å²) < 4.78 is 1.95. The second kappa shape index (κ2) is 6.49. The van der Waals surface area contributed by atoms with E-state index in [1.54, 1.807) is 11.8 Å². The van der Waals surface area contributed by atoms with Gasteiger partial charge in [-0.05, 0) is 24.1 Å². The van der Waals surface area contributed by atoms with Gasteiger partial charge in [0, 0.05) is 17.0 Å². The van der Waals surface area contributed by atoms with E-state index in [-0.39, 0.29) is 0 Å². The molecule has 2 heterocycles. The molecule has 118 valence electrons. The molecular formula is C20H17N3S. The highest BCUT2D eigenvalue weighted by Crippen LogP contribution is 2.28. The first-order chi connectivity index (χ1) is 11.8. The number of fused-ring (bicyclic) bond motifs is 1. The molecule has 0 bridgehead atoms. The standard InChI is InChI=1S/C20H17N3S/c1-15-12-19(24-14-16-8-4-2-5-9-16)23-20(22-15)18(13-21-23)17-10-6-3-7-11-17/h2-13H,14H2,1H3. The number of aryl methyl sites for hydroxylation is 1. The normalized spacial score (nSPS) is 11.0. The molecule has 2 aromatic carbocycles. The zero-order valence-electron chi connectivity index (χ0n) is 13.4. The molecule has 0 aliphatic heterocycles. The van der Waals surface area contributed by atoms with Crippen molar-refractivity contribution in [1.29, 1.82) is 0 Å². The van der Waals surface area contributed by atoms with Gasteiger partial charge in [-0.2, -0.15) is 5.10 Å². The van der Waals surface area contributed by atoms with Crippen LogP contribution in [0.1, 0.15) is 11.3 Å². The lowest BCUT2D eigenvalue weighted by Gasteiger charge is -2.07. The van der Waals surface area contributed by atoms with Gasteiger partial charge in [-0.1, -0.05) is 60.7 Å². The molecule has 0 N–H and O–H groups in total. The van der Waals surface area contributed by atoms with Gasteiger partial charge in [-0.3, -0.25) is 0 Å². The summed E-state index contributed by atoms with van der Waals surface area (Å²) in [6, 6.07) is 22.9. The molecule has 4 aromatic rings. The van der Waals surface area contributed by atoms with Crippen molar-refractivity contribution in [3.8, 4) is 11.1 Å². The summed E-state index contributed by atoms with van der Waals surface area (Å²) in [5.74, 6) is 0.917. The first-order valence-electron chi connectivity index (χ1n) is 7.89. The van der Waals surface area contributed by atoms with E-state index >= 15 is 0 Å². The summed E-state index contributed by atoms with van der Waals surface area (Å²) in [5, 5.41) is 5.70. The first kappa shape index (κ1) is 15.0. The summed E-state index contributed by atoms with van der Waals surface area (Å²) in [7, 11) is 0. The van der Waals surface area contributed by atoms with Gasteiger partial charge in [-0.25, -0.2) is 9.50 Å². The van der Waals surface area contributed by atoms with E-state index in [1.165, 1.54) is 5.56 Å². The van der Waals surface area contributed by atoms with E-state index < -0.39 is 0 Å². The van der Waals surface area contributed by atoms with Crippen LogP contribution in [-0.2, 0) is 5.75 Å². The van der Waals surface area contributed by atoms with Crippen molar-refractivity contribution in [3.63, 3.8) is 0 Å². The van der Waals surface area contributed by atoms with Crippen molar-refractivity contribution in [2.75, 3.05) is 0 Å². The lowest BCUT2D eigenvalue weighted by atomic mass is 10.1. The van der Waals surface area contributed by atoms with Crippen LogP contribution in [-0.4, -0.2) is 14.6 Å². The van der Waals surface area contributed by atoms with Crippen LogP contribution in [0.4, 0.5) is 0 Å². The summed E-state index contributed by atoms with van der Waals surface area (Å²) >= 11 is 1.79. The van der Waals surface area contributed by atoms with Crippen LogP contribution >= 0.6 is 11.8 Å². The fourth-order valence-corrected chi connectivity index (χ4v) is 3.72. The average Bonchev–Trinajstić information content (AvgIpc) is 3.05. The number of aromatic nitrogens is 3. The van der Waals surface area contributed by atoms with Crippen molar-refractivity contribution in [3.05, 3.63) is 84.2 Å². The second-order valence-corrected chi connectivity index (χ2v) is 6.67. The quantitative estimate of drug-likeness (QED) is 0.389. The van der Waals surface area contributed by atoms with Gasteiger partial charge in [0.2, 0.25) is 0 Å². The van der Waals surface area contributed by atoms with Crippen LogP contribution in [0.5, 0.6) is 0 Å². The van der Waals surface area contributed by atoms with E-state index in [1.807, 2.05) is 41.9 Å². The van der Waals surface area contributed by atoms with Crippen molar-refractivity contribution in [1.82, 2.24) is 14.6 Å². The minimum absolute atomic E-state index is 0.914. The molecular weight excluding hydrogens is 314 g/mol. The van der Waals surface area contributed by atoms with Crippen LogP contribution in [0.3, 0.4) is 0 Å². The van der Waals surface area contributed by atoms with E-state index in [4.69, 9.17) is 4.98 Å². The third-order valence-corrected chi connectivity index (χ3v) is 4.95. The van der Waals surface area contributed by atoms with Crippen molar-refractivity contribution in [2.24, 2.45) is 0 Å². The highest BCUT2D eigenvalue weighted by Gasteiger charge is 2.12. The van der Waals surface area contributed by atoms with Crippen molar-refractivity contribution >= 4 is 17.4 Å². The molecule has 4 rings (SSSR count). The van der Waals surface area contributed by atoms with E-state index in [0.717, 1.165) is 33.2 Å². The van der Waals surface area contributed by atoms with E-state index in [2.05, 4.69) is 47.6 Å². The number of hydrogen-bond acceptors (Lipinski definition) is 3. The number of hydrogen-bond donors (Lipinski definition) is 0. The zero-order valence-corrected chi connectivity index (χ0v) is 14.2. The van der Waals surface area contributed by atoms with Gasteiger partial charge in [0.15, 0.2) is 5.65 Å². The molecule has 0 amide bonds. The van der Waals surface area contributed by atoms with Gasteiger partial charge in [0.05, 0.1) is 6.20 Å². The van der Waals surface area contributed by atoms with Crippen LogP contribution in [0.15, 0.2) is 78.0 Å². The maximum absolute atomic E-state index is 4.71. The highest BCUT2D eigenvalue weighted by atomic mass is 32.2. The average molecular weight is 331 g/mol. The summed E-state index contributed by atoms with van der Waals surface area (Å²) in [6.45, 7) is 2.04. The Bertz CT molecular complexity index is 962. The molecule has 2 aromatic heterocycles. The smallest absolute Gasteiger partial charge is 0.164 e. The summed E-state index contributed by atoms with van der Waals surface area (Å²) in [6.07, 6.45) is 1.91. The van der Waals surface area contributed by atoms with Gasteiger partial charge < -0.3 is 0 Å². The molecule has 0 saturated heterocycles. The maximum atomic E-state index is 4.71. The Labute approximate surface area is 145 Å². The topological polar surface area (TPSA) is 30.2 Å². The molecule has 24 heavy (non-hydrogen) atoms. The molecule has 0 fully saturated rings. The summed E-state index contributed by atoms with van der Waals surface area (Å²) in [5.41, 5.74) is 5.44. The Morgan fingerprint density at radius 2 is 1.67 bits per heavy atom. The molecule has 4 heteroatoms. The molecule has 0 radical (unpaired) electrons. The lowest BCUT2D eigenvalue weighted by molar-refractivity contribution is 0.834. The maximum Gasteiger partial charge on any atom is 0.164 e. The number of nitrogens with zero attached hydrogens (tertiary/aromatic N) is 3. The van der Waals surface area contributed by atoms with Crippen molar-refractivity contribution in [2.45, 2.75) is 17.7 Å². The molecule has 0 spiro atoms. The van der Waals surface area contributed by atoms with Gasteiger partial charge >= 0.3 is 0 Å². The Hall–Kier alpha value is -2.59. The molecule has 0 atom stereocenters. The monoisotopic (exact) mass is 331 g/mol. The Kier molecular flexibility index (Phi) is 4.05. The van der Waals surface area contributed by atoms with Crippen LogP contribution in [0, 0.1) is 6.92 Å². The van der Waals surface area contributed by atoms with E-state index in [9.17, 15) is 0 Å². The molecule has 0 unspecified atom stereocenters. The predicted octanol–water partition coefficient (Wildman–Crippen LogP) is 5.00. The fraction of sp³-hybridized carbons (Fsp3) is 0.100. The van der Waals surface area contributed by atoms with Gasteiger partial charge in [-0.15, -0.1) is 11.8 Å². The van der Waals surface area contributed by atoms with Crippen LogP contribution in [0.2, 0.25) is 0 Å².